The number of halogens is 1. The van der Waals surface area contributed by atoms with Crippen LogP contribution in [0.4, 0.5) is 5.82 Å². The molecule has 0 radical (unpaired) electrons. The Kier molecular flexibility index (Phi) is 4.56. The summed E-state index contributed by atoms with van der Waals surface area (Å²) < 4.78 is 7.62. The third-order valence-electron chi connectivity index (χ3n) is 6.44. The van der Waals surface area contributed by atoms with Gasteiger partial charge in [0.25, 0.3) is 0 Å². The SMILES string of the molecule is CCOc1cc(-c2ccc(N3C[C@@H]4C(CN)[C@@H]4C3)nc2)c2c3cn[nH]c3nn2c1.Cl. The molecule has 3 atom stereocenters. The smallest absolute Gasteiger partial charge is 0.178 e. The van der Waals surface area contributed by atoms with E-state index in [2.05, 4.69) is 38.4 Å². The highest BCUT2D eigenvalue weighted by Crippen LogP contribution is 2.51. The molecule has 1 aliphatic heterocycles. The first kappa shape index (κ1) is 19.1. The summed E-state index contributed by atoms with van der Waals surface area (Å²) in [6.07, 6.45) is 5.67. The average molecular weight is 426 g/mol. The third kappa shape index (κ3) is 2.82. The molecule has 0 aromatic carbocycles. The van der Waals surface area contributed by atoms with Gasteiger partial charge in [-0.15, -0.1) is 17.5 Å². The maximum absolute atomic E-state index is 5.84. The first-order chi connectivity index (χ1) is 14.3. The van der Waals surface area contributed by atoms with Crippen molar-refractivity contribution >= 4 is 34.8 Å². The average Bonchev–Trinajstić information content (AvgIpc) is 3.13. The number of rotatable bonds is 5. The van der Waals surface area contributed by atoms with Crippen molar-refractivity contribution in [2.75, 3.05) is 31.1 Å². The van der Waals surface area contributed by atoms with Gasteiger partial charge >= 0.3 is 0 Å². The molecule has 1 unspecified atom stereocenters. The molecule has 8 nitrogen and oxygen atoms in total. The van der Waals surface area contributed by atoms with Crippen molar-refractivity contribution in [3.05, 3.63) is 36.8 Å². The molecule has 2 fully saturated rings. The first-order valence-corrected chi connectivity index (χ1v) is 10.2. The largest absolute Gasteiger partial charge is 0.492 e. The van der Waals surface area contributed by atoms with Gasteiger partial charge in [-0.3, -0.25) is 5.10 Å². The van der Waals surface area contributed by atoms with E-state index < -0.39 is 0 Å². The zero-order valence-electron chi connectivity index (χ0n) is 16.7. The Hall–Kier alpha value is -2.84. The minimum atomic E-state index is 0. The van der Waals surface area contributed by atoms with Crippen LogP contribution in [0, 0.1) is 17.8 Å². The maximum Gasteiger partial charge on any atom is 0.178 e. The summed E-state index contributed by atoms with van der Waals surface area (Å²) >= 11 is 0. The highest BCUT2D eigenvalue weighted by atomic mass is 35.5. The van der Waals surface area contributed by atoms with Crippen LogP contribution in [0.3, 0.4) is 0 Å². The van der Waals surface area contributed by atoms with Crippen molar-refractivity contribution < 1.29 is 4.74 Å². The summed E-state index contributed by atoms with van der Waals surface area (Å²) in [6.45, 7) is 5.54. The molecule has 4 aromatic rings. The van der Waals surface area contributed by atoms with Crippen LogP contribution in [0.5, 0.6) is 5.75 Å². The van der Waals surface area contributed by atoms with Gasteiger partial charge in [0, 0.05) is 30.4 Å². The Morgan fingerprint density at radius 3 is 2.77 bits per heavy atom. The van der Waals surface area contributed by atoms with Crippen molar-refractivity contribution in [1.82, 2.24) is 24.8 Å². The maximum atomic E-state index is 5.84. The van der Waals surface area contributed by atoms with Crippen LogP contribution in [0.2, 0.25) is 0 Å². The van der Waals surface area contributed by atoms with Gasteiger partial charge in [0.15, 0.2) is 5.65 Å². The lowest BCUT2D eigenvalue weighted by atomic mass is 10.1. The number of nitrogens with two attached hydrogens (primary N) is 1. The summed E-state index contributed by atoms with van der Waals surface area (Å²) in [6, 6.07) is 6.31. The predicted molar refractivity (Wildman–Crippen MR) is 118 cm³/mol. The second-order valence-corrected chi connectivity index (χ2v) is 7.99. The zero-order chi connectivity index (χ0) is 19.5. The van der Waals surface area contributed by atoms with E-state index in [4.69, 9.17) is 15.5 Å². The Labute approximate surface area is 179 Å². The number of hydrogen-bond acceptors (Lipinski definition) is 6. The molecule has 2 aliphatic rings. The summed E-state index contributed by atoms with van der Waals surface area (Å²) in [5, 5.41) is 12.7. The van der Waals surface area contributed by atoms with Crippen molar-refractivity contribution in [2.45, 2.75) is 6.92 Å². The molecule has 1 saturated heterocycles. The molecule has 5 heterocycles. The van der Waals surface area contributed by atoms with Crippen LogP contribution in [-0.2, 0) is 0 Å². The van der Waals surface area contributed by atoms with Crippen LogP contribution in [0.15, 0.2) is 36.8 Å². The van der Waals surface area contributed by atoms with Gasteiger partial charge in [-0.25, -0.2) is 9.50 Å². The number of aromatic nitrogens is 5. The van der Waals surface area contributed by atoms with Crippen molar-refractivity contribution in [3.8, 4) is 16.9 Å². The van der Waals surface area contributed by atoms with E-state index in [9.17, 15) is 0 Å². The number of H-pyrrole nitrogens is 1. The van der Waals surface area contributed by atoms with E-state index in [1.54, 1.807) is 0 Å². The molecule has 3 N–H and O–H groups in total. The number of piperidine rings is 1. The van der Waals surface area contributed by atoms with Crippen LogP contribution in [0.25, 0.3) is 27.7 Å². The molecule has 9 heteroatoms. The van der Waals surface area contributed by atoms with Crippen LogP contribution in [-0.4, -0.2) is 51.0 Å². The number of aromatic amines is 1. The van der Waals surface area contributed by atoms with E-state index >= 15 is 0 Å². The fraction of sp³-hybridized carbons (Fsp3) is 0.381. The van der Waals surface area contributed by atoms with E-state index in [1.165, 1.54) is 0 Å². The van der Waals surface area contributed by atoms with Crippen molar-refractivity contribution in [3.63, 3.8) is 0 Å². The quantitative estimate of drug-likeness (QED) is 0.510. The molecule has 1 aliphatic carbocycles. The van der Waals surface area contributed by atoms with Gasteiger partial charge in [0.05, 0.1) is 29.9 Å². The molecule has 1 saturated carbocycles. The summed E-state index contributed by atoms with van der Waals surface area (Å²) in [5.41, 5.74) is 9.66. The lowest BCUT2D eigenvalue weighted by Gasteiger charge is -2.20. The molecule has 0 spiro atoms. The second kappa shape index (κ2) is 7.14. The number of nitrogens with zero attached hydrogens (tertiary/aromatic N) is 5. The molecule has 156 valence electrons. The summed E-state index contributed by atoms with van der Waals surface area (Å²) in [5.74, 6) is 4.05. The Balaban J connectivity index is 0.00000193. The number of hydrogen-bond donors (Lipinski definition) is 2. The van der Waals surface area contributed by atoms with Crippen LogP contribution < -0.4 is 15.4 Å². The number of nitrogens with one attached hydrogen (secondary N) is 1. The topological polar surface area (TPSA) is 97.4 Å². The molecule has 0 bridgehead atoms. The van der Waals surface area contributed by atoms with Crippen molar-refractivity contribution in [1.29, 1.82) is 0 Å². The molecule has 0 amide bonds. The lowest BCUT2D eigenvalue weighted by Crippen LogP contribution is -2.26. The lowest BCUT2D eigenvalue weighted by molar-refractivity contribution is 0.338. The van der Waals surface area contributed by atoms with Gasteiger partial charge in [-0.2, -0.15) is 5.10 Å². The predicted octanol–water partition coefficient (Wildman–Crippen LogP) is 2.73. The van der Waals surface area contributed by atoms with Crippen molar-refractivity contribution in [2.24, 2.45) is 23.5 Å². The third-order valence-corrected chi connectivity index (χ3v) is 6.44. The van der Waals surface area contributed by atoms with E-state index in [0.717, 1.165) is 76.6 Å². The van der Waals surface area contributed by atoms with Gasteiger partial charge in [0.2, 0.25) is 0 Å². The van der Waals surface area contributed by atoms with E-state index in [-0.39, 0.29) is 12.4 Å². The van der Waals surface area contributed by atoms with Gasteiger partial charge in [-0.1, -0.05) is 0 Å². The molecule has 4 aromatic heterocycles. The molecular formula is C21H24ClN7O. The Morgan fingerprint density at radius 1 is 1.23 bits per heavy atom. The van der Waals surface area contributed by atoms with Crippen LogP contribution >= 0.6 is 12.4 Å². The fourth-order valence-corrected chi connectivity index (χ4v) is 4.92. The highest BCUT2D eigenvalue weighted by molar-refractivity contribution is 6.00. The number of pyridine rings is 2. The summed E-state index contributed by atoms with van der Waals surface area (Å²) in [4.78, 5) is 7.16. The van der Waals surface area contributed by atoms with Crippen LogP contribution in [0.1, 0.15) is 6.92 Å². The molecule has 6 rings (SSSR count). The number of ether oxygens (including phenoxy) is 1. The minimum Gasteiger partial charge on any atom is -0.492 e. The second-order valence-electron chi connectivity index (χ2n) is 7.99. The van der Waals surface area contributed by atoms with E-state index in [0.29, 0.717) is 6.61 Å². The highest BCUT2D eigenvalue weighted by Gasteiger charge is 2.54. The van der Waals surface area contributed by atoms with Gasteiger partial charge < -0.3 is 15.4 Å². The molecule has 30 heavy (non-hydrogen) atoms. The number of fused-ring (bicyclic) bond motifs is 4. The van der Waals surface area contributed by atoms with Gasteiger partial charge in [-0.05, 0) is 49.4 Å². The monoisotopic (exact) mass is 425 g/mol. The van der Waals surface area contributed by atoms with E-state index in [1.807, 2.05) is 30.0 Å². The first-order valence-electron chi connectivity index (χ1n) is 10.2. The fourth-order valence-electron chi connectivity index (χ4n) is 4.92. The zero-order valence-corrected chi connectivity index (χ0v) is 17.5. The summed E-state index contributed by atoms with van der Waals surface area (Å²) in [7, 11) is 0. The van der Waals surface area contributed by atoms with Gasteiger partial charge in [0.1, 0.15) is 11.6 Å². The number of anilines is 1. The Morgan fingerprint density at radius 2 is 2.07 bits per heavy atom. The standard InChI is InChI=1S/C21H23N7O.ClH/c1-2-29-13-5-14(20-16-8-24-25-21(16)26-28(20)9-13)12-3-4-19(23-7-12)27-10-17-15(6-22)18(17)11-27;/h3-5,7-9,15,17-18H,2,6,10-11,22H2,1H3,(H,25,26);1H/t15?,17-,18+;. The molecular weight excluding hydrogens is 402 g/mol. The Bertz CT molecular complexity index is 1190. The normalized spacial score (nSPS) is 22.3. The minimum absolute atomic E-state index is 0.